The van der Waals surface area contributed by atoms with Crippen LogP contribution in [-0.2, 0) is 17.7 Å². The number of ether oxygens (including phenoxy) is 1. The van der Waals surface area contributed by atoms with Gasteiger partial charge in [0.25, 0.3) is 0 Å². The molecule has 0 saturated heterocycles. The lowest BCUT2D eigenvalue weighted by Crippen LogP contribution is -2.14. The van der Waals surface area contributed by atoms with E-state index in [1.807, 2.05) is 18.2 Å². The van der Waals surface area contributed by atoms with Gasteiger partial charge in [-0.3, -0.25) is 4.98 Å². The van der Waals surface area contributed by atoms with E-state index in [4.69, 9.17) is 15.5 Å². The lowest BCUT2D eigenvalue weighted by molar-refractivity contribution is 0.155. The number of hydrogen-bond acceptors (Lipinski definition) is 5. The SMILES string of the molecule is CC(C)c1nc(CCCOC(N)=O)n(Cc2ccncc2)c1Sc1cccc(F)c1. The second-order valence-electron chi connectivity index (χ2n) is 7.15. The van der Waals surface area contributed by atoms with Crippen LogP contribution < -0.4 is 5.73 Å². The summed E-state index contributed by atoms with van der Waals surface area (Å²) in [5, 5.41) is 0.984. The molecule has 158 valence electrons. The maximum Gasteiger partial charge on any atom is 0.404 e. The first-order valence-corrected chi connectivity index (χ1v) is 10.6. The monoisotopic (exact) mass is 428 g/mol. The molecule has 0 radical (unpaired) electrons. The van der Waals surface area contributed by atoms with E-state index in [0.717, 1.165) is 27.0 Å². The standard InChI is InChI=1S/C22H25FN4O2S/c1-15(2)20-21(30-18-6-3-5-17(23)13-18)27(14-16-8-10-25-11-9-16)19(26-20)7-4-12-29-22(24)28/h3,5-6,8-11,13,15H,4,7,12,14H2,1-2H3,(H2,24,28). The lowest BCUT2D eigenvalue weighted by Gasteiger charge is -2.14. The number of benzene rings is 1. The van der Waals surface area contributed by atoms with Gasteiger partial charge in [0, 0.05) is 30.3 Å². The molecule has 0 bridgehead atoms. The average Bonchev–Trinajstić information content (AvgIpc) is 3.03. The zero-order chi connectivity index (χ0) is 21.5. The van der Waals surface area contributed by atoms with Crippen molar-refractivity contribution in [3.63, 3.8) is 0 Å². The van der Waals surface area contributed by atoms with Gasteiger partial charge < -0.3 is 15.0 Å². The molecule has 0 aliphatic heterocycles. The Balaban J connectivity index is 1.96. The van der Waals surface area contributed by atoms with Gasteiger partial charge in [0.15, 0.2) is 0 Å². The predicted octanol–water partition coefficient (Wildman–Crippen LogP) is 4.77. The summed E-state index contributed by atoms with van der Waals surface area (Å²) in [6.07, 6.45) is 3.98. The quantitative estimate of drug-likeness (QED) is 0.497. The van der Waals surface area contributed by atoms with Gasteiger partial charge in [-0.15, -0.1) is 0 Å². The minimum atomic E-state index is -0.777. The van der Waals surface area contributed by atoms with Gasteiger partial charge in [0.2, 0.25) is 0 Å². The summed E-state index contributed by atoms with van der Waals surface area (Å²) in [5.74, 6) is 0.818. The number of amides is 1. The van der Waals surface area contributed by atoms with Crippen molar-refractivity contribution in [3.05, 3.63) is 71.7 Å². The van der Waals surface area contributed by atoms with Gasteiger partial charge in [0.05, 0.1) is 12.3 Å². The Morgan fingerprint density at radius 2 is 2.03 bits per heavy atom. The van der Waals surface area contributed by atoms with Gasteiger partial charge >= 0.3 is 6.09 Å². The molecule has 2 N–H and O–H groups in total. The molecule has 1 aromatic carbocycles. The van der Waals surface area contributed by atoms with E-state index in [2.05, 4.69) is 23.4 Å². The third-order valence-electron chi connectivity index (χ3n) is 4.46. The Morgan fingerprint density at radius 1 is 1.27 bits per heavy atom. The third kappa shape index (κ3) is 5.82. The minimum absolute atomic E-state index is 0.195. The van der Waals surface area contributed by atoms with Crippen LogP contribution in [-0.4, -0.2) is 27.2 Å². The second-order valence-corrected chi connectivity index (χ2v) is 8.21. The molecular formula is C22H25FN4O2S. The number of aryl methyl sites for hydroxylation is 1. The number of nitrogens with two attached hydrogens (primary N) is 1. The number of carbonyl (C=O) groups is 1. The molecule has 8 heteroatoms. The Morgan fingerprint density at radius 3 is 2.70 bits per heavy atom. The van der Waals surface area contributed by atoms with E-state index >= 15 is 0 Å². The Labute approximate surface area is 179 Å². The summed E-state index contributed by atoms with van der Waals surface area (Å²) in [6, 6.07) is 10.5. The van der Waals surface area contributed by atoms with Crippen molar-refractivity contribution in [2.24, 2.45) is 5.73 Å². The molecule has 3 aromatic rings. The fraction of sp³-hybridized carbons (Fsp3) is 0.318. The first-order chi connectivity index (χ1) is 14.4. The van der Waals surface area contributed by atoms with Crippen molar-refractivity contribution in [1.29, 1.82) is 0 Å². The van der Waals surface area contributed by atoms with Crippen LogP contribution in [0.4, 0.5) is 9.18 Å². The Bertz CT molecular complexity index is 992. The van der Waals surface area contributed by atoms with Gasteiger partial charge in [-0.25, -0.2) is 14.2 Å². The van der Waals surface area contributed by atoms with E-state index in [0.29, 0.717) is 19.4 Å². The highest BCUT2D eigenvalue weighted by atomic mass is 32.2. The normalized spacial score (nSPS) is 11.1. The number of primary amides is 1. The molecule has 0 spiro atoms. The zero-order valence-corrected chi connectivity index (χ0v) is 17.9. The molecule has 0 saturated carbocycles. The van der Waals surface area contributed by atoms with Crippen molar-refractivity contribution >= 4 is 17.9 Å². The van der Waals surface area contributed by atoms with Gasteiger partial charge in [-0.2, -0.15) is 0 Å². The predicted molar refractivity (Wildman–Crippen MR) is 114 cm³/mol. The van der Waals surface area contributed by atoms with E-state index in [9.17, 15) is 9.18 Å². The maximum atomic E-state index is 13.8. The molecule has 0 fully saturated rings. The second kappa shape index (κ2) is 10.2. The van der Waals surface area contributed by atoms with Gasteiger partial charge in [0.1, 0.15) is 16.7 Å². The molecule has 2 aromatic heterocycles. The van der Waals surface area contributed by atoms with Crippen LogP contribution in [0.15, 0.2) is 58.7 Å². The van der Waals surface area contributed by atoms with Crippen molar-refractivity contribution in [3.8, 4) is 0 Å². The molecule has 1 amide bonds. The highest BCUT2D eigenvalue weighted by molar-refractivity contribution is 7.99. The number of carbonyl (C=O) groups excluding carboxylic acids is 1. The summed E-state index contributed by atoms with van der Waals surface area (Å²) in [7, 11) is 0. The van der Waals surface area contributed by atoms with Crippen LogP contribution in [0.25, 0.3) is 0 Å². The molecule has 30 heavy (non-hydrogen) atoms. The van der Waals surface area contributed by atoms with Crippen LogP contribution in [0.3, 0.4) is 0 Å². The summed E-state index contributed by atoms with van der Waals surface area (Å²) in [6.45, 7) is 5.04. The fourth-order valence-electron chi connectivity index (χ4n) is 3.06. The lowest BCUT2D eigenvalue weighted by atomic mass is 10.1. The van der Waals surface area contributed by atoms with Crippen molar-refractivity contribution in [1.82, 2.24) is 14.5 Å². The minimum Gasteiger partial charge on any atom is -0.450 e. The first kappa shape index (κ1) is 21.8. The largest absolute Gasteiger partial charge is 0.450 e. The number of hydrogen-bond donors (Lipinski definition) is 1. The van der Waals surface area contributed by atoms with Crippen LogP contribution in [0.2, 0.25) is 0 Å². The Kier molecular flexibility index (Phi) is 7.46. The zero-order valence-electron chi connectivity index (χ0n) is 17.0. The maximum absolute atomic E-state index is 13.8. The third-order valence-corrected chi connectivity index (χ3v) is 5.57. The van der Waals surface area contributed by atoms with Gasteiger partial charge in [-0.1, -0.05) is 31.7 Å². The summed E-state index contributed by atoms with van der Waals surface area (Å²) >= 11 is 1.51. The average molecular weight is 429 g/mol. The molecule has 3 rings (SSSR count). The number of nitrogens with zero attached hydrogens (tertiary/aromatic N) is 3. The number of pyridine rings is 1. The number of aromatic nitrogens is 3. The van der Waals surface area contributed by atoms with E-state index in [1.165, 1.54) is 23.9 Å². The van der Waals surface area contributed by atoms with Crippen LogP contribution in [0.1, 0.15) is 43.3 Å². The van der Waals surface area contributed by atoms with Crippen molar-refractivity contribution in [2.45, 2.75) is 49.1 Å². The Hall–Kier alpha value is -2.87. The fourth-order valence-corrected chi connectivity index (χ4v) is 4.26. The molecule has 2 heterocycles. The number of rotatable bonds is 9. The highest BCUT2D eigenvalue weighted by Crippen LogP contribution is 2.35. The van der Waals surface area contributed by atoms with Gasteiger partial charge in [-0.05, 0) is 48.2 Å². The molecule has 0 unspecified atom stereocenters. The summed E-state index contributed by atoms with van der Waals surface area (Å²) < 4.78 is 20.8. The molecular weight excluding hydrogens is 403 g/mol. The molecule has 0 aliphatic carbocycles. The van der Waals surface area contributed by atoms with Crippen LogP contribution >= 0.6 is 11.8 Å². The van der Waals surface area contributed by atoms with E-state index < -0.39 is 6.09 Å². The van der Waals surface area contributed by atoms with Crippen LogP contribution in [0.5, 0.6) is 0 Å². The highest BCUT2D eigenvalue weighted by Gasteiger charge is 2.21. The van der Waals surface area contributed by atoms with Crippen molar-refractivity contribution in [2.75, 3.05) is 6.61 Å². The molecule has 0 atom stereocenters. The first-order valence-electron chi connectivity index (χ1n) is 9.78. The van der Waals surface area contributed by atoms with Crippen molar-refractivity contribution < 1.29 is 13.9 Å². The van der Waals surface area contributed by atoms with E-state index in [1.54, 1.807) is 18.5 Å². The molecule has 6 nitrogen and oxygen atoms in total. The number of imidazole rings is 1. The van der Waals surface area contributed by atoms with Crippen LogP contribution in [0, 0.1) is 5.82 Å². The summed E-state index contributed by atoms with van der Waals surface area (Å²) in [5.41, 5.74) is 7.10. The molecule has 0 aliphatic rings. The van der Waals surface area contributed by atoms with E-state index in [-0.39, 0.29) is 18.3 Å². The number of halogens is 1. The smallest absolute Gasteiger partial charge is 0.404 e. The summed E-state index contributed by atoms with van der Waals surface area (Å²) in [4.78, 5) is 20.6. The topological polar surface area (TPSA) is 83.0 Å².